The first kappa shape index (κ1) is 9.01. The highest BCUT2D eigenvalue weighted by Crippen LogP contribution is 2.19. The summed E-state index contributed by atoms with van der Waals surface area (Å²) < 4.78 is 0. The van der Waals surface area contributed by atoms with E-state index < -0.39 is 5.92 Å². The Bertz CT molecular complexity index is 216. The minimum Gasteiger partial charge on any atom is -0.393 e. The van der Waals surface area contributed by atoms with Crippen molar-refractivity contribution >= 4 is 5.91 Å². The van der Waals surface area contributed by atoms with Crippen molar-refractivity contribution in [3.8, 4) is 6.07 Å². The number of amides is 1. The minimum atomic E-state index is -0.595. The van der Waals surface area contributed by atoms with Crippen LogP contribution in [0.2, 0.25) is 0 Å². The molecular weight excluding hydrogens is 156 g/mol. The van der Waals surface area contributed by atoms with Crippen LogP contribution in [0.1, 0.15) is 19.8 Å². The van der Waals surface area contributed by atoms with E-state index in [1.165, 1.54) is 0 Å². The third-order valence-electron chi connectivity index (χ3n) is 2.05. The van der Waals surface area contributed by atoms with Crippen molar-refractivity contribution in [1.82, 2.24) is 5.32 Å². The molecule has 0 aromatic heterocycles. The van der Waals surface area contributed by atoms with Gasteiger partial charge in [-0.2, -0.15) is 5.26 Å². The molecule has 0 spiro atoms. The smallest absolute Gasteiger partial charge is 0.237 e. The molecule has 1 rings (SSSR count). The molecule has 1 aliphatic carbocycles. The van der Waals surface area contributed by atoms with Crippen molar-refractivity contribution < 1.29 is 9.90 Å². The van der Waals surface area contributed by atoms with Crippen LogP contribution in [0, 0.1) is 17.2 Å². The van der Waals surface area contributed by atoms with Gasteiger partial charge in [0.25, 0.3) is 0 Å². The molecule has 1 saturated carbocycles. The van der Waals surface area contributed by atoms with E-state index in [-0.39, 0.29) is 18.1 Å². The van der Waals surface area contributed by atoms with Gasteiger partial charge in [0.15, 0.2) is 0 Å². The van der Waals surface area contributed by atoms with Gasteiger partial charge in [0.1, 0.15) is 5.92 Å². The predicted octanol–water partition coefficient (Wildman–Crippen LogP) is -0.214. The van der Waals surface area contributed by atoms with E-state index in [1.807, 2.05) is 6.07 Å². The maximum Gasteiger partial charge on any atom is 0.237 e. The average Bonchev–Trinajstić information content (AvgIpc) is 2.00. The number of nitrogens with zero attached hydrogens (tertiary/aromatic N) is 1. The van der Waals surface area contributed by atoms with Gasteiger partial charge in [0, 0.05) is 6.04 Å². The lowest BCUT2D eigenvalue weighted by molar-refractivity contribution is -0.125. The number of nitrogens with one attached hydrogen (secondary N) is 1. The molecular formula is C8H12N2O2. The summed E-state index contributed by atoms with van der Waals surface area (Å²) in [6.07, 6.45) is 0.959. The average molecular weight is 168 g/mol. The predicted molar refractivity (Wildman–Crippen MR) is 41.9 cm³/mol. The Hall–Kier alpha value is -1.08. The molecule has 1 unspecified atom stereocenters. The zero-order chi connectivity index (χ0) is 9.14. The zero-order valence-electron chi connectivity index (χ0n) is 6.95. The van der Waals surface area contributed by atoms with Crippen LogP contribution in [0.3, 0.4) is 0 Å². The summed E-state index contributed by atoms with van der Waals surface area (Å²) in [6.45, 7) is 1.56. The molecule has 1 atom stereocenters. The molecule has 0 bridgehead atoms. The fourth-order valence-electron chi connectivity index (χ4n) is 1.09. The summed E-state index contributed by atoms with van der Waals surface area (Å²) in [7, 11) is 0. The van der Waals surface area contributed by atoms with Crippen LogP contribution in [0.15, 0.2) is 0 Å². The Morgan fingerprint density at radius 1 is 1.75 bits per heavy atom. The second kappa shape index (κ2) is 3.55. The highest BCUT2D eigenvalue weighted by atomic mass is 16.3. The Morgan fingerprint density at radius 2 is 2.33 bits per heavy atom. The summed E-state index contributed by atoms with van der Waals surface area (Å²) in [5.74, 6) is -0.836. The topological polar surface area (TPSA) is 73.1 Å². The molecule has 1 fully saturated rings. The number of aliphatic hydroxyl groups is 1. The van der Waals surface area contributed by atoms with Crippen molar-refractivity contribution in [1.29, 1.82) is 5.26 Å². The lowest BCUT2D eigenvalue weighted by Gasteiger charge is -2.32. The van der Waals surface area contributed by atoms with Crippen molar-refractivity contribution in [2.75, 3.05) is 0 Å². The van der Waals surface area contributed by atoms with Crippen LogP contribution in [0.5, 0.6) is 0 Å². The van der Waals surface area contributed by atoms with Crippen molar-refractivity contribution in [2.24, 2.45) is 5.92 Å². The van der Waals surface area contributed by atoms with E-state index in [4.69, 9.17) is 10.4 Å². The maximum atomic E-state index is 11.1. The highest BCUT2D eigenvalue weighted by Gasteiger charge is 2.29. The molecule has 66 valence electrons. The molecule has 1 aliphatic rings. The first-order chi connectivity index (χ1) is 5.63. The molecule has 4 nitrogen and oxygen atoms in total. The van der Waals surface area contributed by atoms with Gasteiger partial charge in [-0.15, -0.1) is 0 Å². The van der Waals surface area contributed by atoms with Crippen molar-refractivity contribution in [3.63, 3.8) is 0 Å². The second-order valence-electron chi connectivity index (χ2n) is 3.18. The number of nitriles is 1. The number of carbonyl (C=O) groups is 1. The van der Waals surface area contributed by atoms with Gasteiger partial charge in [0.2, 0.25) is 5.91 Å². The van der Waals surface area contributed by atoms with Gasteiger partial charge in [-0.3, -0.25) is 4.79 Å². The van der Waals surface area contributed by atoms with Crippen molar-refractivity contribution in [2.45, 2.75) is 31.9 Å². The Morgan fingerprint density at radius 3 is 2.75 bits per heavy atom. The molecule has 4 heteroatoms. The molecule has 0 aromatic carbocycles. The van der Waals surface area contributed by atoms with E-state index in [0.29, 0.717) is 12.8 Å². The summed E-state index contributed by atoms with van der Waals surface area (Å²) >= 11 is 0. The molecule has 2 N–H and O–H groups in total. The summed E-state index contributed by atoms with van der Waals surface area (Å²) in [4.78, 5) is 11.1. The number of rotatable bonds is 2. The van der Waals surface area contributed by atoms with E-state index in [1.54, 1.807) is 6.92 Å². The number of carbonyl (C=O) groups excluding carboxylic acids is 1. The second-order valence-corrected chi connectivity index (χ2v) is 3.18. The lowest BCUT2D eigenvalue weighted by Crippen LogP contribution is -2.48. The van der Waals surface area contributed by atoms with Crippen LogP contribution in [-0.4, -0.2) is 23.2 Å². The van der Waals surface area contributed by atoms with Crippen LogP contribution >= 0.6 is 0 Å². The third kappa shape index (κ3) is 1.95. The van der Waals surface area contributed by atoms with E-state index >= 15 is 0 Å². The molecule has 1 amide bonds. The van der Waals surface area contributed by atoms with Crippen LogP contribution in [-0.2, 0) is 4.79 Å². The van der Waals surface area contributed by atoms with E-state index in [2.05, 4.69) is 5.32 Å². The van der Waals surface area contributed by atoms with Crippen LogP contribution < -0.4 is 5.32 Å². The number of hydrogen-bond acceptors (Lipinski definition) is 3. The van der Waals surface area contributed by atoms with Crippen molar-refractivity contribution in [3.05, 3.63) is 0 Å². The minimum absolute atomic E-state index is 0.0725. The highest BCUT2D eigenvalue weighted by molar-refractivity contribution is 5.80. The van der Waals surface area contributed by atoms with Gasteiger partial charge in [0.05, 0.1) is 12.2 Å². The van der Waals surface area contributed by atoms with Crippen LogP contribution in [0.4, 0.5) is 0 Å². The largest absolute Gasteiger partial charge is 0.393 e. The monoisotopic (exact) mass is 168 g/mol. The lowest BCUT2D eigenvalue weighted by atomic mass is 9.89. The Labute approximate surface area is 71.2 Å². The van der Waals surface area contributed by atoms with E-state index in [0.717, 1.165) is 0 Å². The normalized spacial score (nSPS) is 29.8. The van der Waals surface area contributed by atoms with Gasteiger partial charge >= 0.3 is 0 Å². The fraction of sp³-hybridized carbons (Fsp3) is 0.750. The zero-order valence-corrected chi connectivity index (χ0v) is 6.95. The summed E-state index contributed by atoms with van der Waals surface area (Å²) in [5.41, 5.74) is 0. The van der Waals surface area contributed by atoms with Gasteiger partial charge in [-0.1, -0.05) is 0 Å². The molecule has 0 radical (unpaired) electrons. The molecule has 0 saturated heterocycles. The summed E-state index contributed by atoms with van der Waals surface area (Å²) in [5, 5.41) is 20.0. The molecule has 12 heavy (non-hydrogen) atoms. The SMILES string of the molecule is CC(C#N)C(=O)NC1CC(O)C1. The standard InChI is InChI=1S/C8H12N2O2/c1-5(4-9)8(12)10-6-2-7(11)3-6/h5-7,11H,2-3H2,1H3,(H,10,12). The fourth-order valence-corrected chi connectivity index (χ4v) is 1.09. The Balaban J connectivity index is 2.24. The van der Waals surface area contributed by atoms with Gasteiger partial charge in [-0.05, 0) is 19.8 Å². The summed E-state index contributed by atoms with van der Waals surface area (Å²) in [6, 6.07) is 1.93. The molecule has 0 aliphatic heterocycles. The van der Waals surface area contributed by atoms with Gasteiger partial charge < -0.3 is 10.4 Å². The first-order valence-corrected chi connectivity index (χ1v) is 4.01. The van der Waals surface area contributed by atoms with E-state index in [9.17, 15) is 4.79 Å². The maximum absolute atomic E-state index is 11.1. The van der Waals surface area contributed by atoms with Crippen LogP contribution in [0.25, 0.3) is 0 Å². The Kier molecular flexibility index (Phi) is 2.66. The quantitative estimate of drug-likeness (QED) is 0.599. The third-order valence-corrected chi connectivity index (χ3v) is 2.05. The van der Waals surface area contributed by atoms with Gasteiger partial charge in [-0.25, -0.2) is 0 Å². The molecule has 0 heterocycles. The first-order valence-electron chi connectivity index (χ1n) is 4.01. The number of hydrogen-bond donors (Lipinski definition) is 2. The molecule has 0 aromatic rings. The number of aliphatic hydroxyl groups excluding tert-OH is 1.